The summed E-state index contributed by atoms with van der Waals surface area (Å²) in [5.41, 5.74) is 10.3. The summed E-state index contributed by atoms with van der Waals surface area (Å²) in [4.78, 5) is 13.8. The maximum Gasteiger partial charge on any atom is 0.222 e. The van der Waals surface area contributed by atoms with Crippen molar-refractivity contribution in [2.75, 3.05) is 25.2 Å². The normalized spacial score (nSPS) is 18.4. The van der Waals surface area contributed by atoms with Gasteiger partial charge in [-0.2, -0.15) is 0 Å². The van der Waals surface area contributed by atoms with E-state index < -0.39 is 6.67 Å². The zero-order valence-corrected chi connectivity index (χ0v) is 12.2. The number of alkyl halides is 1. The first kappa shape index (κ1) is 14.3. The van der Waals surface area contributed by atoms with Crippen LogP contribution >= 0.6 is 0 Å². The second kappa shape index (κ2) is 6.43. The summed E-state index contributed by atoms with van der Waals surface area (Å²) in [7, 11) is 0. The fourth-order valence-corrected chi connectivity index (χ4v) is 3.35. The topological polar surface area (TPSA) is 44.4 Å². The maximum absolute atomic E-state index is 12.1. The lowest BCUT2D eigenvalue weighted by atomic mass is 9.86. The van der Waals surface area contributed by atoms with E-state index in [1.165, 1.54) is 16.8 Å². The Morgan fingerprint density at radius 1 is 1.33 bits per heavy atom. The smallest absolute Gasteiger partial charge is 0.222 e. The Bertz CT molecular complexity index is 512. The molecule has 5 heteroatoms. The quantitative estimate of drug-likeness (QED) is 0.896. The van der Waals surface area contributed by atoms with Gasteiger partial charge in [-0.25, -0.2) is 5.43 Å². The summed E-state index contributed by atoms with van der Waals surface area (Å²) in [5, 5.41) is 0. The molecule has 4 nitrogen and oxygen atoms in total. The Balaban J connectivity index is 1.61. The maximum atomic E-state index is 12.1. The number of likely N-dealkylation sites (tertiary alicyclic amines) is 1. The molecule has 2 heterocycles. The number of nitrogens with zero attached hydrogens (tertiary/aromatic N) is 1. The van der Waals surface area contributed by atoms with Crippen molar-refractivity contribution in [2.45, 2.75) is 38.1 Å². The van der Waals surface area contributed by atoms with Crippen molar-refractivity contribution >= 4 is 11.6 Å². The third kappa shape index (κ3) is 3.02. The van der Waals surface area contributed by atoms with Crippen LogP contribution in [0.4, 0.5) is 10.1 Å². The second-order valence-corrected chi connectivity index (χ2v) is 5.80. The molecule has 1 aromatic rings. The molecule has 0 spiro atoms. The van der Waals surface area contributed by atoms with Crippen LogP contribution in [0.2, 0.25) is 0 Å². The summed E-state index contributed by atoms with van der Waals surface area (Å²) >= 11 is 0. The molecular weight excluding hydrogens is 269 g/mol. The molecule has 0 aliphatic carbocycles. The van der Waals surface area contributed by atoms with Crippen molar-refractivity contribution in [1.29, 1.82) is 0 Å². The molecule has 0 bridgehead atoms. The number of carbonyl (C=O) groups excluding carboxylic acids is 1. The lowest BCUT2D eigenvalue weighted by Crippen LogP contribution is -2.38. The summed E-state index contributed by atoms with van der Waals surface area (Å²) in [6.07, 6.45) is 2.69. The highest BCUT2D eigenvalue weighted by atomic mass is 19.1. The fourth-order valence-electron chi connectivity index (χ4n) is 3.35. The minimum Gasteiger partial charge on any atom is -0.343 e. The lowest BCUT2D eigenvalue weighted by Gasteiger charge is -2.33. The van der Waals surface area contributed by atoms with Crippen LogP contribution < -0.4 is 10.9 Å². The van der Waals surface area contributed by atoms with Gasteiger partial charge in [-0.05, 0) is 42.4 Å². The molecule has 0 radical (unpaired) electrons. The molecule has 3 rings (SSSR count). The van der Waals surface area contributed by atoms with E-state index >= 15 is 0 Å². The summed E-state index contributed by atoms with van der Waals surface area (Å²) in [6.45, 7) is 2.04. The Morgan fingerprint density at radius 3 is 2.90 bits per heavy atom. The minimum atomic E-state index is -0.404. The molecule has 2 aliphatic rings. The summed E-state index contributed by atoms with van der Waals surface area (Å²) in [6, 6.07) is 6.39. The molecule has 1 fully saturated rings. The van der Waals surface area contributed by atoms with Crippen molar-refractivity contribution in [3.8, 4) is 0 Å². The van der Waals surface area contributed by atoms with Crippen LogP contribution in [0.25, 0.3) is 0 Å². The molecule has 1 aromatic carbocycles. The highest BCUT2D eigenvalue weighted by molar-refractivity contribution is 5.76. The van der Waals surface area contributed by atoms with Crippen LogP contribution in [0.5, 0.6) is 0 Å². The highest BCUT2D eigenvalue weighted by Crippen LogP contribution is 2.34. The molecule has 114 valence electrons. The Kier molecular flexibility index (Phi) is 4.39. The zero-order chi connectivity index (χ0) is 14.7. The molecule has 0 atom stereocenters. The molecule has 0 unspecified atom stereocenters. The number of piperidine rings is 1. The van der Waals surface area contributed by atoms with Gasteiger partial charge in [-0.15, -0.1) is 0 Å². The van der Waals surface area contributed by atoms with E-state index in [9.17, 15) is 9.18 Å². The molecule has 1 amide bonds. The van der Waals surface area contributed by atoms with E-state index in [0.717, 1.165) is 32.5 Å². The number of fused-ring (bicyclic) bond motifs is 1. The highest BCUT2D eigenvalue weighted by Gasteiger charge is 2.26. The number of hydrogen-bond donors (Lipinski definition) is 2. The number of amides is 1. The number of anilines is 1. The fraction of sp³-hybridized carbons (Fsp3) is 0.562. The number of nitrogens with one attached hydrogen (secondary N) is 2. The van der Waals surface area contributed by atoms with E-state index in [2.05, 4.69) is 29.1 Å². The molecule has 0 saturated carbocycles. The number of hydrogen-bond acceptors (Lipinski definition) is 3. The molecule has 2 N–H and O–H groups in total. The van der Waals surface area contributed by atoms with Crippen LogP contribution in [-0.2, 0) is 11.3 Å². The Hall–Kier alpha value is -1.62. The first-order valence-corrected chi connectivity index (χ1v) is 7.74. The van der Waals surface area contributed by atoms with Gasteiger partial charge in [0.25, 0.3) is 0 Å². The van der Waals surface area contributed by atoms with E-state index in [-0.39, 0.29) is 5.91 Å². The molecule has 21 heavy (non-hydrogen) atoms. The molecule has 0 aromatic heterocycles. The monoisotopic (exact) mass is 291 g/mol. The Morgan fingerprint density at radius 2 is 2.14 bits per heavy atom. The standard InChI is InChI=1S/C16H22FN3O/c17-8-2-5-16(21)20-9-6-12(7-10-20)13-3-1-4-15-14(13)11-18-19-15/h1,3-4,12,18-19H,2,5-11H2. The van der Waals surface area contributed by atoms with Crippen LogP contribution in [0.15, 0.2) is 18.2 Å². The molecule has 2 aliphatic heterocycles. The largest absolute Gasteiger partial charge is 0.343 e. The van der Waals surface area contributed by atoms with Gasteiger partial charge in [0.05, 0.1) is 12.4 Å². The van der Waals surface area contributed by atoms with E-state index in [0.29, 0.717) is 18.8 Å². The van der Waals surface area contributed by atoms with Gasteiger partial charge in [0.15, 0.2) is 0 Å². The van der Waals surface area contributed by atoms with Gasteiger partial charge >= 0.3 is 0 Å². The minimum absolute atomic E-state index is 0.104. The average Bonchev–Trinajstić information content (AvgIpc) is 3.01. The van der Waals surface area contributed by atoms with Crippen LogP contribution in [0.3, 0.4) is 0 Å². The van der Waals surface area contributed by atoms with Gasteiger partial charge in [0.1, 0.15) is 0 Å². The number of rotatable bonds is 4. The van der Waals surface area contributed by atoms with Gasteiger partial charge in [0.2, 0.25) is 5.91 Å². The number of halogens is 1. The zero-order valence-electron chi connectivity index (χ0n) is 12.2. The lowest BCUT2D eigenvalue weighted by molar-refractivity contribution is -0.132. The van der Waals surface area contributed by atoms with Crippen LogP contribution in [0.1, 0.15) is 42.7 Å². The van der Waals surface area contributed by atoms with Gasteiger partial charge < -0.3 is 10.3 Å². The van der Waals surface area contributed by atoms with Crippen molar-refractivity contribution in [1.82, 2.24) is 10.3 Å². The number of benzene rings is 1. The third-order valence-corrected chi connectivity index (χ3v) is 4.51. The van der Waals surface area contributed by atoms with Crippen LogP contribution in [-0.4, -0.2) is 30.6 Å². The van der Waals surface area contributed by atoms with Gasteiger partial charge in [-0.3, -0.25) is 9.18 Å². The molecular formula is C16H22FN3O. The SMILES string of the molecule is O=C(CCCF)N1CCC(c2cccc3c2CNN3)CC1. The summed E-state index contributed by atoms with van der Waals surface area (Å²) < 4.78 is 12.1. The van der Waals surface area contributed by atoms with Crippen molar-refractivity contribution in [3.63, 3.8) is 0 Å². The second-order valence-electron chi connectivity index (χ2n) is 5.80. The van der Waals surface area contributed by atoms with E-state index in [4.69, 9.17) is 0 Å². The van der Waals surface area contributed by atoms with Gasteiger partial charge in [-0.1, -0.05) is 12.1 Å². The van der Waals surface area contributed by atoms with Crippen molar-refractivity contribution in [2.24, 2.45) is 0 Å². The van der Waals surface area contributed by atoms with E-state index in [1.54, 1.807) is 0 Å². The molecule has 1 saturated heterocycles. The average molecular weight is 291 g/mol. The first-order chi connectivity index (χ1) is 10.3. The predicted molar refractivity (Wildman–Crippen MR) is 80.7 cm³/mol. The van der Waals surface area contributed by atoms with E-state index in [1.807, 2.05) is 4.90 Å². The van der Waals surface area contributed by atoms with Crippen molar-refractivity contribution in [3.05, 3.63) is 29.3 Å². The van der Waals surface area contributed by atoms with Crippen LogP contribution in [0, 0.1) is 0 Å². The van der Waals surface area contributed by atoms with Gasteiger partial charge in [0, 0.05) is 26.1 Å². The number of carbonyl (C=O) groups is 1. The number of hydrazine groups is 1. The first-order valence-electron chi connectivity index (χ1n) is 7.74. The Labute approximate surface area is 124 Å². The predicted octanol–water partition coefficient (Wildman–Crippen LogP) is 2.57. The van der Waals surface area contributed by atoms with Crippen molar-refractivity contribution < 1.29 is 9.18 Å². The third-order valence-electron chi connectivity index (χ3n) is 4.51. The summed E-state index contributed by atoms with van der Waals surface area (Å²) in [5.74, 6) is 0.625.